The van der Waals surface area contributed by atoms with E-state index in [1.54, 1.807) is 11.8 Å². The van der Waals surface area contributed by atoms with Crippen molar-refractivity contribution in [2.45, 2.75) is 63.8 Å². The minimum atomic E-state index is -1.71. The van der Waals surface area contributed by atoms with E-state index in [-0.39, 0.29) is 26.0 Å². The van der Waals surface area contributed by atoms with Crippen LogP contribution in [0.25, 0.3) is 0 Å². The maximum Gasteiger partial charge on any atom is 0.410 e. The molecule has 0 bridgehead atoms. The molecular weight excluding hydrogens is 439 g/mol. The van der Waals surface area contributed by atoms with Gasteiger partial charge in [-0.05, 0) is 24.0 Å². The average Bonchev–Trinajstić information content (AvgIpc) is 3.21. The van der Waals surface area contributed by atoms with Crippen LogP contribution in [0.15, 0.2) is 60.7 Å². The highest BCUT2D eigenvalue weighted by atomic mass is 19.1. The minimum absolute atomic E-state index is 0.0856. The predicted molar refractivity (Wildman–Crippen MR) is 124 cm³/mol. The highest BCUT2D eigenvalue weighted by Crippen LogP contribution is 2.31. The third kappa shape index (κ3) is 6.41. The van der Waals surface area contributed by atoms with Crippen molar-refractivity contribution >= 4 is 18.3 Å². The SMILES string of the molecule is CCCC(F)OC(=O)[C@H]1C[C@@H](N(C)C(=O)OCc2ccccc2)[C@H](C=O)N1Cc1ccccc1. The Morgan fingerprint density at radius 3 is 2.32 bits per heavy atom. The molecule has 0 aromatic heterocycles. The number of carbonyl (C=O) groups excluding carboxylic acids is 3. The summed E-state index contributed by atoms with van der Waals surface area (Å²) in [5.74, 6) is -0.739. The third-order valence-electron chi connectivity index (χ3n) is 6.01. The van der Waals surface area contributed by atoms with Crippen molar-refractivity contribution in [1.29, 1.82) is 0 Å². The van der Waals surface area contributed by atoms with E-state index >= 15 is 0 Å². The Kier molecular flexibility index (Phi) is 9.16. The van der Waals surface area contributed by atoms with Gasteiger partial charge in [0.25, 0.3) is 0 Å². The van der Waals surface area contributed by atoms with Crippen molar-refractivity contribution in [2.75, 3.05) is 7.05 Å². The van der Waals surface area contributed by atoms with Crippen molar-refractivity contribution in [3.63, 3.8) is 0 Å². The quantitative estimate of drug-likeness (QED) is 0.384. The average molecular weight is 471 g/mol. The minimum Gasteiger partial charge on any atom is -0.445 e. The molecule has 1 aliphatic heterocycles. The van der Waals surface area contributed by atoms with Crippen LogP contribution in [-0.4, -0.2) is 59.7 Å². The van der Waals surface area contributed by atoms with Crippen LogP contribution in [0, 0.1) is 0 Å². The number of alkyl halides is 1. The zero-order valence-electron chi connectivity index (χ0n) is 19.5. The van der Waals surface area contributed by atoms with Crippen molar-refractivity contribution in [1.82, 2.24) is 9.80 Å². The molecule has 0 spiro atoms. The second kappa shape index (κ2) is 12.3. The fourth-order valence-corrected chi connectivity index (χ4v) is 4.18. The van der Waals surface area contributed by atoms with Crippen LogP contribution in [0.2, 0.25) is 0 Å². The van der Waals surface area contributed by atoms with Gasteiger partial charge in [-0.3, -0.25) is 9.69 Å². The molecule has 1 aliphatic rings. The third-order valence-corrected chi connectivity index (χ3v) is 6.01. The molecule has 1 heterocycles. The fourth-order valence-electron chi connectivity index (χ4n) is 4.18. The summed E-state index contributed by atoms with van der Waals surface area (Å²) in [6.45, 7) is 2.16. The molecule has 1 unspecified atom stereocenters. The lowest BCUT2D eigenvalue weighted by atomic mass is 10.1. The molecule has 7 nitrogen and oxygen atoms in total. The summed E-state index contributed by atoms with van der Waals surface area (Å²) in [6.07, 6.45) is -0.834. The Morgan fingerprint density at radius 1 is 1.12 bits per heavy atom. The number of hydrogen-bond acceptors (Lipinski definition) is 6. The molecule has 2 aromatic rings. The summed E-state index contributed by atoms with van der Waals surface area (Å²) in [7, 11) is 1.54. The molecule has 0 aliphatic carbocycles. The van der Waals surface area contributed by atoms with Gasteiger partial charge in [0.1, 0.15) is 18.9 Å². The summed E-state index contributed by atoms with van der Waals surface area (Å²) < 4.78 is 24.5. The smallest absolute Gasteiger partial charge is 0.410 e. The number of esters is 1. The molecule has 2 aromatic carbocycles. The van der Waals surface area contributed by atoms with Crippen LogP contribution >= 0.6 is 0 Å². The van der Waals surface area contributed by atoms with E-state index in [0.29, 0.717) is 6.42 Å². The second-order valence-electron chi connectivity index (χ2n) is 8.39. The van der Waals surface area contributed by atoms with E-state index in [0.717, 1.165) is 17.4 Å². The zero-order valence-corrected chi connectivity index (χ0v) is 19.5. The molecular formula is C26H31FN2O5. The van der Waals surface area contributed by atoms with E-state index in [1.165, 1.54) is 11.9 Å². The number of aldehydes is 1. The first-order valence-corrected chi connectivity index (χ1v) is 11.5. The molecule has 0 radical (unpaired) electrons. The standard InChI is InChI=1S/C26H31FN2O5/c1-3-10-24(27)34-25(31)22-15-21(23(17-30)29(22)16-19-11-6-4-7-12-19)28(2)26(32)33-18-20-13-8-5-9-14-20/h4-9,11-14,17,21-24H,3,10,15-16,18H2,1-2H3/t21-,22-,23+,24?/m1/s1. The molecule has 34 heavy (non-hydrogen) atoms. The summed E-state index contributed by atoms with van der Waals surface area (Å²) in [5.41, 5.74) is 1.71. The van der Waals surface area contributed by atoms with Crippen LogP contribution in [0.4, 0.5) is 9.18 Å². The van der Waals surface area contributed by atoms with Crippen molar-refractivity contribution in [2.24, 2.45) is 0 Å². The van der Waals surface area contributed by atoms with Crippen LogP contribution < -0.4 is 0 Å². The molecule has 8 heteroatoms. The lowest BCUT2D eigenvalue weighted by Gasteiger charge is -2.30. The Hall–Kier alpha value is -3.26. The van der Waals surface area contributed by atoms with Gasteiger partial charge >= 0.3 is 12.1 Å². The molecule has 0 saturated carbocycles. The predicted octanol–water partition coefficient (Wildman–Crippen LogP) is 4.10. The van der Waals surface area contributed by atoms with Crippen LogP contribution in [0.1, 0.15) is 37.3 Å². The van der Waals surface area contributed by atoms with Crippen molar-refractivity contribution in [3.8, 4) is 0 Å². The van der Waals surface area contributed by atoms with E-state index in [9.17, 15) is 18.8 Å². The van der Waals surface area contributed by atoms with Gasteiger partial charge in [0, 0.05) is 20.0 Å². The summed E-state index contributed by atoms with van der Waals surface area (Å²) in [5, 5.41) is 0. The molecule has 1 saturated heterocycles. The summed E-state index contributed by atoms with van der Waals surface area (Å²) >= 11 is 0. The van der Waals surface area contributed by atoms with E-state index < -0.39 is 36.5 Å². The Labute approximate surface area is 199 Å². The number of halogens is 1. The molecule has 1 fully saturated rings. The Morgan fingerprint density at radius 2 is 1.74 bits per heavy atom. The first-order valence-electron chi connectivity index (χ1n) is 11.5. The van der Waals surface area contributed by atoms with Crippen molar-refractivity contribution < 1.29 is 28.2 Å². The highest BCUT2D eigenvalue weighted by molar-refractivity contribution is 5.79. The largest absolute Gasteiger partial charge is 0.445 e. The van der Waals surface area contributed by atoms with Crippen molar-refractivity contribution in [3.05, 3.63) is 71.8 Å². The molecule has 4 atom stereocenters. The second-order valence-corrected chi connectivity index (χ2v) is 8.39. The number of ether oxygens (including phenoxy) is 2. The Bertz CT molecular complexity index is 943. The first-order chi connectivity index (χ1) is 16.4. The van der Waals surface area contributed by atoms with Gasteiger partial charge in [0.05, 0.1) is 12.1 Å². The molecule has 3 rings (SSSR count). The van der Waals surface area contributed by atoms with Crippen LogP contribution in [-0.2, 0) is 32.2 Å². The fraction of sp³-hybridized carbons (Fsp3) is 0.423. The lowest BCUT2D eigenvalue weighted by Crippen LogP contribution is -2.48. The zero-order chi connectivity index (χ0) is 24.5. The van der Waals surface area contributed by atoms with Gasteiger partial charge in [0.2, 0.25) is 6.36 Å². The number of nitrogens with zero attached hydrogens (tertiary/aromatic N) is 2. The monoisotopic (exact) mass is 470 g/mol. The van der Waals surface area contributed by atoms with Gasteiger partial charge in [-0.15, -0.1) is 0 Å². The number of rotatable bonds is 10. The lowest BCUT2D eigenvalue weighted by molar-refractivity contribution is -0.164. The number of hydrogen-bond donors (Lipinski definition) is 0. The van der Waals surface area contributed by atoms with Gasteiger partial charge < -0.3 is 19.2 Å². The summed E-state index contributed by atoms with van der Waals surface area (Å²) in [6, 6.07) is 16.3. The number of benzene rings is 2. The molecule has 0 N–H and O–H groups in total. The van der Waals surface area contributed by atoms with Crippen LogP contribution in [0.3, 0.4) is 0 Å². The highest BCUT2D eigenvalue weighted by Gasteiger charge is 2.48. The first kappa shape index (κ1) is 25.4. The van der Waals surface area contributed by atoms with Crippen LogP contribution in [0.5, 0.6) is 0 Å². The van der Waals surface area contributed by atoms with Gasteiger partial charge in [-0.1, -0.05) is 67.6 Å². The topological polar surface area (TPSA) is 76.1 Å². The number of likely N-dealkylation sites (N-methyl/N-ethyl adjacent to an activating group) is 1. The maximum absolute atomic E-state index is 14.1. The molecule has 182 valence electrons. The number of amides is 1. The maximum atomic E-state index is 14.1. The Balaban J connectivity index is 1.77. The van der Waals surface area contributed by atoms with Gasteiger partial charge in [-0.2, -0.15) is 0 Å². The van der Waals surface area contributed by atoms with Gasteiger partial charge in [-0.25, -0.2) is 9.18 Å². The van der Waals surface area contributed by atoms with E-state index in [1.807, 2.05) is 60.7 Å². The van der Waals surface area contributed by atoms with Gasteiger partial charge in [0.15, 0.2) is 0 Å². The number of carbonyl (C=O) groups is 3. The summed E-state index contributed by atoms with van der Waals surface area (Å²) in [4.78, 5) is 40.8. The van der Waals surface area contributed by atoms with E-state index in [2.05, 4.69) is 0 Å². The van der Waals surface area contributed by atoms with E-state index in [4.69, 9.17) is 9.47 Å². The molecule has 1 amide bonds. The normalized spacial score (nSPS) is 21.0. The number of likely N-dealkylation sites (tertiary alicyclic amines) is 1.